The summed E-state index contributed by atoms with van der Waals surface area (Å²) in [7, 11) is 0. The number of carbonyl (C=O) groups excluding carboxylic acids is 1. The van der Waals surface area contributed by atoms with Gasteiger partial charge in [0.25, 0.3) is 0 Å². The second-order valence-corrected chi connectivity index (χ2v) is 8.55. The average molecular weight is 429 g/mol. The molecule has 3 saturated heterocycles. The Hall–Kier alpha value is -2.56. The van der Waals surface area contributed by atoms with Gasteiger partial charge in [-0.2, -0.15) is 0 Å². The zero-order valence-corrected chi connectivity index (χ0v) is 17.8. The van der Waals surface area contributed by atoms with Crippen LogP contribution in [0.2, 0.25) is 0 Å². The average Bonchev–Trinajstić information content (AvgIpc) is 3.55. The molecule has 0 spiro atoms. The lowest BCUT2D eigenvalue weighted by molar-refractivity contribution is -0.901. The zero-order chi connectivity index (χ0) is 21.2. The lowest BCUT2D eigenvalue weighted by Crippen LogP contribution is -3.08. The van der Waals surface area contributed by atoms with Gasteiger partial charge in [0.05, 0.1) is 32.3 Å². The number of likely N-dealkylation sites (tertiary alicyclic amines) is 1. The van der Waals surface area contributed by atoms with Crippen LogP contribution in [0.3, 0.4) is 0 Å². The third-order valence-electron chi connectivity index (χ3n) is 6.44. The number of ether oxygens (including phenoxy) is 2. The minimum absolute atomic E-state index is 0.135. The largest absolute Gasteiger partial charge is 0.371 e. The predicted molar refractivity (Wildman–Crippen MR) is 111 cm³/mol. The molecule has 1 aromatic carbocycles. The SMILES string of the molecule is CCNC(=O)N[C@H]1CO[C@H]2[C@@H]1OC[C@@H]2n1nnnc1-c1cccc(C[NH+]2CCCC2)c1. The van der Waals surface area contributed by atoms with Crippen molar-refractivity contribution in [3.63, 3.8) is 0 Å². The minimum atomic E-state index is -0.213. The Morgan fingerprint density at radius 1 is 1.23 bits per heavy atom. The monoisotopic (exact) mass is 428 g/mol. The van der Waals surface area contributed by atoms with E-state index in [2.05, 4.69) is 44.4 Å². The van der Waals surface area contributed by atoms with Crippen LogP contribution in [0.25, 0.3) is 11.4 Å². The molecule has 4 heterocycles. The van der Waals surface area contributed by atoms with Crippen LogP contribution >= 0.6 is 0 Å². The smallest absolute Gasteiger partial charge is 0.315 e. The Balaban J connectivity index is 1.31. The second-order valence-electron chi connectivity index (χ2n) is 8.55. The van der Waals surface area contributed by atoms with Crippen molar-refractivity contribution in [3.05, 3.63) is 29.8 Å². The predicted octanol–water partition coefficient (Wildman–Crippen LogP) is -0.455. The quantitative estimate of drug-likeness (QED) is 0.575. The van der Waals surface area contributed by atoms with Crippen LogP contribution in [0.1, 0.15) is 31.4 Å². The molecule has 10 heteroatoms. The third kappa shape index (κ3) is 4.15. The molecule has 166 valence electrons. The molecule has 2 amide bonds. The highest BCUT2D eigenvalue weighted by Crippen LogP contribution is 2.35. The minimum Gasteiger partial charge on any atom is -0.371 e. The van der Waals surface area contributed by atoms with Gasteiger partial charge in [-0.1, -0.05) is 18.2 Å². The Bertz CT molecular complexity index is 914. The number of tetrazole rings is 1. The summed E-state index contributed by atoms with van der Waals surface area (Å²) in [4.78, 5) is 13.6. The van der Waals surface area contributed by atoms with Gasteiger partial charge in [-0.25, -0.2) is 9.48 Å². The maximum absolute atomic E-state index is 11.9. The van der Waals surface area contributed by atoms with Gasteiger partial charge in [0.2, 0.25) is 0 Å². The Kier molecular flexibility index (Phi) is 5.84. The highest BCUT2D eigenvalue weighted by atomic mass is 16.6. The van der Waals surface area contributed by atoms with Gasteiger partial charge in [0.1, 0.15) is 24.8 Å². The van der Waals surface area contributed by atoms with Crippen LogP contribution < -0.4 is 15.5 Å². The third-order valence-corrected chi connectivity index (χ3v) is 6.44. The Morgan fingerprint density at radius 2 is 2.06 bits per heavy atom. The highest BCUT2D eigenvalue weighted by molar-refractivity contribution is 5.74. The fraction of sp³-hybridized carbons (Fsp3) is 0.619. The molecule has 4 atom stereocenters. The molecule has 0 aliphatic carbocycles. The molecule has 0 radical (unpaired) electrons. The van der Waals surface area contributed by atoms with E-state index in [0.717, 1.165) is 17.9 Å². The summed E-state index contributed by atoms with van der Waals surface area (Å²) in [6, 6.07) is 7.96. The van der Waals surface area contributed by atoms with Gasteiger partial charge in [-0.3, -0.25) is 0 Å². The molecule has 3 aliphatic heterocycles. The van der Waals surface area contributed by atoms with Crippen molar-refractivity contribution in [2.24, 2.45) is 0 Å². The van der Waals surface area contributed by atoms with Crippen LogP contribution in [0.15, 0.2) is 24.3 Å². The number of hydrogen-bond acceptors (Lipinski definition) is 6. The molecule has 0 saturated carbocycles. The van der Waals surface area contributed by atoms with Gasteiger partial charge in [0.15, 0.2) is 5.82 Å². The number of rotatable bonds is 6. The van der Waals surface area contributed by atoms with Gasteiger partial charge >= 0.3 is 6.03 Å². The first kappa shape index (κ1) is 20.3. The molecule has 10 nitrogen and oxygen atoms in total. The van der Waals surface area contributed by atoms with Crippen molar-refractivity contribution in [1.29, 1.82) is 0 Å². The number of quaternary nitrogens is 1. The van der Waals surface area contributed by atoms with Crippen LogP contribution in [0, 0.1) is 0 Å². The van der Waals surface area contributed by atoms with Gasteiger partial charge in [-0.15, -0.1) is 5.10 Å². The number of urea groups is 1. The number of nitrogens with zero attached hydrogens (tertiary/aromatic N) is 4. The number of fused-ring (bicyclic) bond motifs is 1. The topological polar surface area (TPSA) is 108 Å². The molecule has 31 heavy (non-hydrogen) atoms. The maximum atomic E-state index is 11.9. The molecule has 3 aliphatic rings. The zero-order valence-electron chi connectivity index (χ0n) is 17.8. The van der Waals surface area contributed by atoms with E-state index in [4.69, 9.17) is 9.47 Å². The van der Waals surface area contributed by atoms with Crippen LogP contribution in [0.5, 0.6) is 0 Å². The van der Waals surface area contributed by atoms with Crippen molar-refractivity contribution < 1.29 is 19.2 Å². The lowest BCUT2D eigenvalue weighted by Gasteiger charge is -2.18. The first-order valence-corrected chi connectivity index (χ1v) is 11.2. The van der Waals surface area contributed by atoms with Gasteiger partial charge in [-0.05, 0) is 23.4 Å². The van der Waals surface area contributed by atoms with Gasteiger partial charge in [0, 0.05) is 30.5 Å². The molecule has 5 rings (SSSR count). The molecule has 2 aromatic rings. The standard InChI is InChI=1S/C21H29N7O3/c1-2-22-21(29)23-16-12-30-19-17(13-31-18(16)19)28-20(24-25-26-28)15-7-5-6-14(10-15)11-27-8-3-4-9-27/h5-7,10,16-19H,2-4,8-9,11-13H2,1H3,(H2,22,23,29)/p+1/t16-,17-,18+,19+/m0/s1. The van der Waals surface area contributed by atoms with Crippen molar-refractivity contribution in [2.45, 2.75) is 50.6 Å². The molecular weight excluding hydrogens is 398 g/mol. The van der Waals surface area contributed by atoms with E-state index in [1.54, 1.807) is 4.90 Å². The van der Waals surface area contributed by atoms with E-state index in [0.29, 0.717) is 19.8 Å². The van der Waals surface area contributed by atoms with Crippen molar-refractivity contribution in [1.82, 2.24) is 30.8 Å². The van der Waals surface area contributed by atoms with Crippen LogP contribution in [0.4, 0.5) is 4.79 Å². The van der Waals surface area contributed by atoms with Crippen molar-refractivity contribution >= 4 is 6.03 Å². The summed E-state index contributed by atoms with van der Waals surface area (Å²) in [6.45, 7) is 6.83. The number of hydrogen-bond donors (Lipinski definition) is 3. The van der Waals surface area contributed by atoms with E-state index in [1.807, 2.05) is 17.7 Å². The van der Waals surface area contributed by atoms with E-state index in [1.165, 1.54) is 31.5 Å². The molecule has 0 bridgehead atoms. The Morgan fingerprint density at radius 3 is 2.90 bits per heavy atom. The lowest BCUT2D eigenvalue weighted by atomic mass is 10.1. The normalized spacial score (nSPS) is 28.0. The summed E-state index contributed by atoms with van der Waals surface area (Å²) in [5, 5.41) is 18.2. The number of carbonyl (C=O) groups is 1. The summed E-state index contributed by atoms with van der Waals surface area (Å²) in [5.74, 6) is 0.719. The molecular formula is C21H30N7O3+. The van der Waals surface area contributed by atoms with E-state index in [9.17, 15) is 4.79 Å². The molecule has 0 unspecified atom stereocenters. The number of aromatic nitrogens is 4. The summed E-state index contributed by atoms with van der Waals surface area (Å²) < 4.78 is 13.9. The maximum Gasteiger partial charge on any atom is 0.315 e. The van der Waals surface area contributed by atoms with E-state index >= 15 is 0 Å². The van der Waals surface area contributed by atoms with Crippen molar-refractivity contribution in [2.75, 3.05) is 32.8 Å². The van der Waals surface area contributed by atoms with Crippen LogP contribution in [-0.4, -0.2) is 77.3 Å². The first-order chi connectivity index (χ1) is 15.2. The molecule has 1 aromatic heterocycles. The first-order valence-electron chi connectivity index (χ1n) is 11.2. The fourth-order valence-corrected chi connectivity index (χ4v) is 4.96. The summed E-state index contributed by atoms with van der Waals surface area (Å²) in [5.41, 5.74) is 2.30. The van der Waals surface area contributed by atoms with Gasteiger partial charge < -0.3 is 25.0 Å². The number of nitrogens with one attached hydrogen (secondary N) is 3. The molecule has 3 fully saturated rings. The summed E-state index contributed by atoms with van der Waals surface area (Å²) >= 11 is 0. The fourth-order valence-electron chi connectivity index (χ4n) is 4.96. The van der Waals surface area contributed by atoms with Crippen molar-refractivity contribution in [3.8, 4) is 11.4 Å². The van der Waals surface area contributed by atoms with Crippen LogP contribution in [-0.2, 0) is 16.0 Å². The summed E-state index contributed by atoms with van der Waals surface area (Å²) in [6.07, 6.45) is 2.21. The number of benzene rings is 1. The molecule has 3 N–H and O–H groups in total. The van der Waals surface area contributed by atoms with E-state index < -0.39 is 0 Å². The second kappa shape index (κ2) is 8.89. The Labute approximate surface area is 181 Å². The van der Waals surface area contributed by atoms with E-state index in [-0.39, 0.29) is 30.3 Å². The number of amides is 2. The highest BCUT2D eigenvalue weighted by Gasteiger charge is 2.50.